The van der Waals surface area contributed by atoms with Crippen LogP contribution in [-0.2, 0) is 13.0 Å². The van der Waals surface area contributed by atoms with Crippen molar-refractivity contribution in [2.45, 2.75) is 51.6 Å². The zero-order chi connectivity index (χ0) is 12.1. The molecule has 1 aromatic heterocycles. The Labute approximate surface area is 104 Å². The zero-order valence-electron chi connectivity index (χ0n) is 10.8. The highest BCUT2D eigenvalue weighted by Crippen LogP contribution is 2.29. The molecule has 17 heavy (non-hydrogen) atoms. The third-order valence-electron chi connectivity index (χ3n) is 3.56. The predicted molar refractivity (Wildman–Crippen MR) is 70.1 cm³/mol. The van der Waals surface area contributed by atoms with E-state index in [0.717, 1.165) is 6.54 Å². The number of aromatic nitrogens is 1. The van der Waals surface area contributed by atoms with Crippen molar-refractivity contribution in [2.24, 2.45) is 0 Å². The molecular formula is C14H24N2O. The Morgan fingerprint density at radius 1 is 1.41 bits per heavy atom. The fourth-order valence-corrected chi connectivity index (χ4v) is 2.69. The Morgan fingerprint density at radius 3 is 3.06 bits per heavy atom. The fraction of sp³-hybridized carbons (Fsp3) is 0.714. The van der Waals surface area contributed by atoms with Crippen LogP contribution >= 0.6 is 0 Å². The number of hydrogen-bond acceptors (Lipinski definition) is 2. The fourth-order valence-electron chi connectivity index (χ4n) is 2.69. The number of aryl methyl sites for hydroxylation is 1. The largest absolute Gasteiger partial charge is 0.395 e. The molecule has 0 saturated heterocycles. The van der Waals surface area contributed by atoms with Crippen LogP contribution in [0.15, 0.2) is 12.4 Å². The van der Waals surface area contributed by atoms with Crippen molar-refractivity contribution >= 4 is 0 Å². The lowest BCUT2D eigenvalue weighted by molar-refractivity contribution is 0.276. The maximum Gasteiger partial charge on any atom is 0.0610 e. The lowest BCUT2D eigenvalue weighted by atomic mass is 10.0. The number of nitrogens with one attached hydrogen (secondary N) is 1. The highest BCUT2D eigenvalue weighted by Gasteiger charge is 2.19. The molecule has 0 aliphatic heterocycles. The van der Waals surface area contributed by atoms with E-state index in [1.165, 1.54) is 43.2 Å². The first-order valence-electron chi connectivity index (χ1n) is 6.88. The topological polar surface area (TPSA) is 37.2 Å². The number of nitrogens with zero attached hydrogens (tertiary/aromatic N) is 1. The van der Waals surface area contributed by atoms with Crippen LogP contribution in [0.25, 0.3) is 0 Å². The van der Waals surface area contributed by atoms with Crippen LogP contribution in [0.3, 0.4) is 0 Å². The van der Waals surface area contributed by atoms with Crippen LogP contribution < -0.4 is 5.32 Å². The van der Waals surface area contributed by atoms with Gasteiger partial charge in [-0.2, -0.15) is 0 Å². The van der Waals surface area contributed by atoms with Crippen LogP contribution in [0.5, 0.6) is 0 Å². The molecular weight excluding hydrogens is 212 g/mol. The molecule has 1 unspecified atom stereocenters. The molecule has 0 spiro atoms. The number of aliphatic hydroxyl groups excluding tert-OH is 1. The summed E-state index contributed by atoms with van der Waals surface area (Å²) >= 11 is 0. The van der Waals surface area contributed by atoms with E-state index in [0.29, 0.717) is 12.6 Å². The Hall–Kier alpha value is -0.800. The quantitative estimate of drug-likeness (QED) is 0.769. The van der Waals surface area contributed by atoms with Gasteiger partial charge in [0.1, 0.15) is 0 Å². The molecule has 0 saturated carbocycles. The van der Waals surface area contributed by atoms with Gasteiger partial charge in [-0.05, 0) is 43.4 Å². The third kappa shape index (κ3) is 3.11. The van der Waals surface area contributed by atoms with E-state index in [1.54, 1.807) is 0 Å². The first-order chi connectivity index (χ1) is 8.35. The van der Waals surface area contributed by atoms with Gasteiger partial charge < -0.3 is 15.0 Å². The van der Waals surface area contributed by atoms with Gasteiger partial charge in [-0.15, -0.1) is 0 Å². The number of rotatable bonds is 5. The second-order valence-electron chi connectivity index (χ2n) is 4.95. The summed E-state index contributed by atoms with van der Waals surface area (Å²) < 4.78 is 2.14. The summed E-state index contributed by atoms with van der Waals surface area (Å²) in [6.45, 7) is 4.24. The van der Waals surface area contributed by atoms with Crippen LogP contribution in [0, 0.1) is 0 Å². The summed E-state index contributed by atoms with van der Waals surface area (Å²) in [6.07, 6.45) is 10.7. The Morgan fingerprint density at radius 2 is 2.29 bits per heavy atom. The van der Waals surface area contributed by atoms with Gasteiger partial charge in [0.05, 0.1) is 6.61 Å². The minimum absolute atomic E-state index is 0.223. The maximum absolute atomic E-state index is 9.01. The van der Waals surface area contributed by atoms with Crippen molar-refractivity contribution in [3.8, 4) is 0 Å². The lowest BCUT2D eigenvalue weighted by Gasteiger charge is -2.16. The molecule has 3 nitrogen and oxygen atoms in total. The molecule has 1 atom stereocenters. The molecule has 3 heteroatoms. The molecule has 96 valence electrons. The van der Waals surface area contributed by atoms with Crippen LogP contribution in [-0.4, -0.2) is 22.8 Å². The zero-order valence-corrected chi connectivity index (χ0v) is 10.8. The minimum atomic E-state index is 0.223. The molecule has 1 aliphatic carbocycles. The van der Waals surface area contributed by atoms with Gasteiger partial charge in [0.15, 0.2) is 0 Å². The predicted octanol–water partition coefficient (Wildman–Crippen LogP) is 2.25. The summed E-state index contributed by atoms with van der Waals surface area (Å²) in [5.41, 5.74) is 2.94. The standard InChI is InChI=1S/C14H24N2O/c1-2-7-15-14-6-4-3-5-12-10-16(8-9-17)11-13(12)14/h10-11,14-15,17H,2-9H2,1H3. The molecule has 0 bridgehead atoms. The van der Waals surface area contributed by atoms with Crippen molar-refractivity contribution in [3.63, 3.8) is 0 Å². The van der Waals surface area contributed by atoms with E-state index < -0.39 is 0 Å². The van der Waals surface area contributed by atoms with Crippen molar-refractivity contribution in [2.75, 3.05) is 13.2 Å². The average molecular weight is 236 g/mol. The lowest BCUT2D eigenvalue weighted by Crippen LogP contribution is -2.21. The van der Waals surface area contributed by atoms with Crippen LogP contribution in [0.2, 0.25) is 0 Å². The first-order valence-corrected chi connectivity index (χ1v) is 6.88. The molecule has 1 aromatic rings. The Bertz CT molecular complexity index is 346. The van der Waals surface area contributed by atoms with E-state index in [1.807, 2.05) is 0 Å². The van der Waals surface area contributed by atoms with E-state index >= 15 is 0 Å². The van der Waals surface area contributed by atoms with Crippen molar-refractivity contribution in [1.29, 1.82) is 0 Å². The smallest absolute Gasteiger partial charge is 0.0610 e. The van der Waals surface area contributed by atoms with Gasteiger partial charge in [-0.3, -0.25) is 0 Å². The van der Waals surface area contributed by atoms with E-state index in [4.69, 9.17) is 5.11 Å². The number of aliphatic hydroxyl groups is 1. The van der Waals surface area contributed by atoms with Crippen molar-refractivity contribution < 1.29 is 5.11 Å². The minimum Gasteiger partial charge on any atom is -0.395 e. The van der Waals surface area contributed by atoms with Gasteiger partial charge in [0.2, 0.25) is 0 Å². The molecule has 2 rings (SSSR count). The SMILES string of the molecule is CCCNC1CCCCc2cn(CCO)cc21. The van der Waals surface area contributed by atoms with E-state index in [2.05, 4.69) is 29.2 Å². The molecule has 0 aromatic carbocycles. The van der Waals surface area contributed by atoms with E-state index in [-0.39, 0.29) is 6.61 Å². The monoisotopic (exact) mass is 236 g/mol. The molecule has 0 radical (unpaired) electrons. The number of fused-ring (bicyclic) bond motifs is 1. The normalized spacial score (nSPS) is 20.0. The van der Waals surface area contributed by atoms with Crippen molar-refractivity contribution in [1.82, 2.24) is 9.88 Å². The Kier molecular flexibility index (Phi) is 4.63. The summed E-state index contributed by atoms with van der Waals surface area (Å²) in [4.78, 5) is 0. The second-order valence-corrected chi connectivity index (χ2v) is 4.95. The molecule has 1 aliphatic rings. The highest BCUT2D eigenvalue weighted by atomic mass is 16.3. The summed E-state index contributed by atoms with van der Waals surface area (Å²) in [7, 11) is 0. The van der Waals surface area contributed by atoms with Gasteiger partial charge >= 0.3 is 0 Å². The van der Waals surface area contributed by atoms with Crippen LogP contribution in [0.4, 0.5) is 0 Å². The van der Waals surface area contributed by atoms with Crippen molar-refractivity contribution in [3.05, 3.63) is 23.5 Å². The summed E-state index contributed by atoms with van der Waals surface area (Å²) in [5, 5.41) is 12.7. The molecule has 0 amide bonds. The van der Waals surface area contributed by atoms with Gasteiger partial charge in [0.25, 0.3) is 0 Å². The van der Waals surface area contributed by atoms with Gasteiger partial charge in [-0.1, -0.05) is 13.3 Å². The van der Waals surface area contributed by atoms with Gasteiger partial charge in [-0.25, -0.2) is 0 Å². The third-order valence-corrected chi connectivity index (χ3v) is 3.56. The summed E-state index contributed by atoms with van der Waals surface area (Å²) in [6, 6.07) is 0.521. The van der Waals surface area contributed by atoms with E-state index in [9.17, 15) is 0 Å². The molecule has 1 heterocycles. The number of hydrogen-bond donors (Lipinski definition) is 2. The summed E-state index contributed by atoms with van der Waals surface area (Å²) in [5.74, 6) is 0. The molecule has 0 fully saturated rings. The average Bonchev–Trinajstić information content (AvgIpc) is 2.63. The van der Waals surface area contributed by atoms with Gasteiger partial charge in [0, 0.05) is 25.0 Å². The first kappa shape index (κ1) is 12.7. The van der Waals surface area contributed by atoms with Crippen LogP contribution in [0.1, 0.15) is 49.8 Å². The second kappa shape index (κ2) is 6.22. The maximum atomic E-state index is 9.01. The highest BCUT2D eigenvalue weighted by molar-refractivity contribution is 5.29. The Balaban J connectivity index is 2.14. The molecule has 2 N–H and O–H groups in total.